The van der Waals surface area contributed by atoms with Crippen molar-refractivity contribution in [2.24, 2.45) is 0 Å². The number of halogens is 1. The molecule has 1 atom stereocenters. The monoisotopic (exact) mass is 343 g/mol. The molecule has 1 amide bonds. The van der Waals surface area contributed by atoms with E-state index in [2.05, 4.69) is 19.2 Å². The summed E-state index contributed by atoms with van der Waals surface area (Å²) in [5.74, 6) is 0.205. The first-order valence-corrected chi connectivity index (χ1v) is 8.33. The zero-order valence-corrected chi connectivity index (χ0v) is 14.6. The molecule has 0 saturated heterocycles. The van der Waals surface area contributed by atoms with Crippen molar-refractivity contribution < 1.29 is 9.90 Å². The summed E-state index contributed by atoms with van der Waals surface area (Å²) in [6.45, 7) is 4.42. The zero-order chi connectivity index (χ0) is 17.5. The summed E-state index contributed by atoms with van der Waals surface area (Å²) in [5.41, 5.74) is 2.90. The lowest BCUT2D eigenvalue weighted by molar-refractivity contribution is -0.116. The largest absolute Gasteiger partial charge is 0.387 e. The molecule has 0 heterocycles. The molecule has 2 rings (SSSR count). The standard InChI is InChI=1S/C20H22ClNO2/c1-14(2)16-6-8-17(9-7-16)19(23)13-22-20(24)12-5-15-3-10-18(21)11-4-15/h3-12,14,19,23H,13H2,1-2H3,(H,22,24)/b12-5+. The molecule has 1 unspecified atom stereocenters. The number of hydrogen-bond acceptors (Lipinski definition) is 2. The van der Waals surface area contributed by atoms with E-state index in [-0.39, 0.29) is 12.5 Å². The number of benzene rings is 2. The molecule has 2 aromatic carbocycles. The van der Waals surface area contributed by atoms with Crippen molar-refractivity contribution in [3.8, 4) is 0 Å². The predicted molar refractivity (Wildman–Crippen MR) is 99.0 cm³/mol. The van der Waals surface area contributed by atoms with Crippen LogP contribution in [0.4, 0.5) is 0 Å². The average Bonchev–Trinajstić information content (AvgIpc) is 2.59. The molecular formula is C20H22ClNO2. The summed E-state index contributed by atoms with van der Waals surface area (Å²) in [4.78, 5) is 11.8. The molecule has 0 saturated carbocycles. The molecular weight excluding hydrogens is 322 g/mol. The van der Waals surface area contributed by atoms with Gasteiger partial charge in [-0.05, 0) is 40.8 Å². The Kier molecular flexibility index (Phi) is 6.59. The van der Waals surface area contributed by atoms with Crippen molar-refractivity contribution in [3.05, 3.63) is 76.3 Å². The van der Waals surface area contributed by atoms with E-state index in [0.29, 0.717) is 10.9 Å². The van der Waals surface area contributed by atoms with Gasteiger partial charge >= 0.3 is 0 Å². The first-order chi connectivity index (χ1) is 11.5. The van der Waals surface area contributed by atoms with Gasteiger partial charge in [0.1, 0.15) is 0 Å². The number of hydrogen-bond donors (Lipinski definition) is 2. The molecule has 24 heavy (non-hydrogen) atoms. The highest BCUT2D eigenvalue weighted by atomic mass is 35.5. The number of rotatable bonds is 6. The van der Waals surface area contributed by atoms with E-state index in [9.17, 15) is 9.90 Å². The maximum Gasteiger partial charge on any atom is 0.244 e. The zero-order valence-electron chi connectivity index (χ0n) is 13.9. The van der Waals surface area contributed by atoms with Gasteiger partial charge in [0.05, 0.1) is 6.10 Å². The van der Waals surface area contributed by atoms with Crippen molar-refractivity contribution in [3.63, 3.8) is 0 Å². The summed E-state index contributed by atoms with van der Waals surface area (Å²) in [5, 5.41) is 13.5. The first kappa shape index (κ1) is 18.2. The van der Waals surface area contributed by atoms with Crippen LogP contribution < -0.4 is 5.32 Å². The van der Waals surface area contributed by atoms with Gasteiger partial charge in [-0.25, -0.2) is 0 Å². The van der Waals surface area contributed by atoms with Gasteiger partial charge in [-0.15, -0.1) is 0 Å². The number of amides is 1. The van der Waals surface area contributed by atoms with Gasteiger partial charge in [0.25, 0.3) is 0 Å². The minimum atomic E-state index is -0.723. The van der Waals surface area contributed by atoms with E-state index in [1.54, 1.807) is 18.2 Å². The van der Waals surface area contributed by atoms with Gasteiger partial charge in [0.15, 0.2) is 0 Å². The van der Waals surface area contributed by atoms with Crippen LogP contribution in [0, 0.1) is 0 Å². The Bertz CT molecular complexity index is 691. The Morgan fingerprint density at radius 2 is 1.67 bits per heavy atom. The number of aliphatic hydroxyl groups excluding tert-OH is 1. The van der Waals surface area contributed by atoms with E-state index in [1.165, 1.54) is 11.6 Å². The third-order valence-corrected chi connectivity index (χ3v) is 4.01. The van der Waals surface area contributed by atoms with Gasteiger partial charge in [0, 0.05) is 17.6 Å². The molecule has 0 aliphatic heterocycles. The maximum atomic E-state index is 11.8. The minimum absolute atomic E-state index is 0.171. The highest BCUT2D eigenvalue weighted by Gasteiger charge is 2.09. The van der Waals surface area contributed by atoms with E-state index >= 15 is 0 Å². The van der Waals surface area contributed by atoms with E-state index in [1.807, 2.05) is 36.4 Å². The second kappa shape index (κ2) is 8.67. The van der Waals surface area contributed by atoms with E-state index in [4.69, 9.17) is 11.6 Å². The smallest absolute Gasteiger partial charge is 0.244 e. The van der Waals surface area contributed by atoms with Crippen molar-refractivity contribution in [1.82, 2.24) is 5.32 Å². The highest BCUT2D eigenvalue weighted by Crippen LogP contribution is 2.18. The maximum absolute atomic E-state index is 11.8. The van der Waals surface area contributed by atoms with Crippen LogP contribution in [-0.2, 0) is 4.79 Å². The van der Waals surface area contributed by atoms with Crippen molar-refractivity contribution in [2.45, 2.75) is 25.9 Å². The molecule has 3 nitrogen and oxygen atoms in total. The van der Waals surface area contributed by atoms with Gasteiger partial charge < -0.3 is 10.4 Å². The lowest BCUT2D eigenvalue weighted by Crippen LogP contribution is -2.26. The van der Waals surface area contributed by atoms with Crippen LogP contribution in [0.2, 0.25) is 5.02 Å². The Morgan fingerprint density at radius 3 is 2.25 bits per heavy atom. The molecule has 2 N–H and O–H groups in total. The Balaban J connectivity index is 1.85. The SMILES string of the molecule is CC(C)c1ccc(C(O)CNC(=O)/C=C/c2ccc(Cl)cc2)cc1. The first-order valence-electron chi connectivity index (χ1n) is 7.95. The van der Waals surface area contributed by atoms with Crippen LogP contribution in [0.5, 0.6) is 0 Å². The molecule has 0 aliphatic carbocycles. The van der Waals surface area contributed by atoms with Crippen LogP contribution in [0.15, 0.2) is 54.6 Å². The quantitative estimate of drug-likeness (QED) is 0.767. The van der Waals surface area contributed by atoms with Gasteiger partial charge in [-0.1, -0.05) is 61.8 Å². The van der Waals surface area contributed by atoms with Crippen LogP contribution in [0.1, 0.15) is 42.6 Å². The molecule has 0 bridgehead atoms. The normalized spacial score (nSPS) is 12.5. The summed E-state index contributed by atoms with van der Waals surface area (Å²) in [7, 11) is 0. The number of carbonyl (C=O) groups excluding carboxylic acids is 1. The van der Waals surface area contributed by atoms with Crippen LogP contribution >= 0.6 is 11.6 Å². The molecule has 0 aliphatic rings. The Labute approximate surface area is 148 Å². The fourth-order valence-corrected chi connectivity index (χ4v) is 2.35. The second-order valence-electron chi connectivity index (χ2n) is 5.97. The summed E-state index contributed by atoms with van der Waals surface area (Å²) in [6.07, 6.45) is 2.42. The lowest BCUT2D eigenvalue weighted by Gasteiger charge is -2.13. The van der Waals surface area contributed by atoms with Crippen LogP contribution in [-0.4, -0.2) is 17.6 Å². The van der Waals surface area contributed by atoms with Gasteiger partial charge in [-0.2, -0.15) is 0 Å². The summed E-state index contributed by atoms with van der Waals surface area (Å²) < 4.78 is 0. The molecule has 0 fully saturated rings. The van der Waals surface area contributed by atoms with Crippen molar-refractivity contribution >= 4 is 23.6 Å². The minimum Gasteiger partial charge on any atom is -0.387 e. The fraction of sp³-hybridized carbons (Fsp3) is 0.250. The van der Waals surface area contributed by atoms with E-state index < -0.39 is 6.10 Å². The third kappa shape index (κ3) is 5.52. The highest BCUT2D eigenvalue weighted by molar-refractivity contribution is 6.30. The number of aliphatic hydroxyl groups is 1. The van der Waals surface area contributed by atoms with Gasteiger partial charge in [-0.3, -0.25) is 4.79 Å². The molecule has 0 spiro atoms. The molecule has 0 radical (unpaired) electrons. The fourth-order valence-electron chi connectivity index (χ4n) is 2.22. The van der Waals surface area contributed by atoms with Crippen molar-refractivity contribution in [1.29, 1.82) is 0 Å². The van der Waals surface area contributed by atoms with Crippen molar-refractivity contribution in [2.75, 3.05) is 6.54 Å². The Hall–Kier alpha value is -2.10. The molecule has 2 aromatic rings. The summed E-state index contributed by atoms with van der Waals surface area (Å²) in [6, 6.07) is 15.0. The number of nitrogens with one attached hydrogen (secondary N) is 1. The molecule has 126 valence electrons. The molecule has 0 aromatic heterocycles. The lowest BCUT2D eigenvalue weighted by atomic mass is 10.00. The second-order valence-corrected chi connectivity index (χ2v) is 6.40. The number of carbonyl (C=O) groups is 1. The third-order valence-electron chi connectivity index (χ3n) is 3.75. The average molecular weight is 344 g/mol. The van der Waals surface area contributed by atoms with Gasteiger partial charge in [0.2, 0.25) is 5.91 Å². The van der Waals surface area contributed by atoms with Crippen LogP contribution in [0.3, 0.4) is 0 Å². The summed E-state index contributed by atoms with van der Waals surface area (Å²) >= 11 is 5.81. The topological polar surface area (TPSA) is 49.3 Å². The van der Waals surface area contributed by atoms with Crippen LogP contribution in [0.25, 0.3) is 6.08 Å². The molecule has 4 heteroatoms. The van der Waals surface area contributed by atoms with E-state index in [0.717, 1.165) is 11.1 Å². The predicted octanol–water partition coefficient (Wildman–Crippen LogP) is 4.33. The Morgan fingerprint density at radius 1 is 1.08 bits per heavy atom.